The van der Waals surface area contributed by atoms with Crippen molar-refractivity contribution < 1.29 is 4.79 Å². The zero-order valence-corrected chi connectivity index (χ0v) is 7.65. The molecule has 0 aromatic carbocycles. The number of aldehydes is 1. The Kier molecular flexibility index (Phi) is 2.43. The van der Waals surface area contributed by atoms with Gasteiger partial charge in [-0.25, -0.2) is 4.98 Å². The number of nitrogens with zero attached hydrogens (tertiary/aromatic N) is 2. The number of aromatic nitrogens is 2. The molecule has 70 valence electrons. The van der Waals surface area contributed by atoms with E-state index in [0.717, 1.165) is 18.7 Å². The zero-order valence-electron chi connectivity index (χ0n) is 7.65. The molecule has 0 spiro atoms. The number of imidazole rings is 1. The Hall–Kier alpha value is -1.12. The first-order valence-electron chi connectivity index (χ1n) is 4.85. The highest BCUT2D eigenvalue weighted by atomic mass is 16.1. The summed E-state index contributed by atoms with van der Waals surface area (Å²) in [4.78, 5) is 14.5. The molecule has 0 N–H and O–H groups in total. The highest BCUT2D eigenvalue weighted by molar-refractivity contribution is 5.71. The summed E-state index contributed by atoms with van der Waals surface area (Å²) in [5.74, 6) is 0.891. The van der Waals surface area contributed by atoms with Crippen LogP contribution in [0.1, 0.15) is 36.2 Å². The van der Waals surface area contributed by atoms with Gasteiger partial charge in [-0.05, 0) is 12.3 Å². The van der Waals surface area contributed by atoms with Crippen molar-refractivity contribution in [3.63, 3.8) is 0 Å². The van der Waals surface area contributed by atoms with Gasteiger partial charge in [-0.1, -0.05) is 19.3 Å². The maximum atomic E-state index is 10.6. The van der Waals surface area contributed by atoms with Gasteiger partial charge < -0.3 is 4.57 Å². The van der Waals surface area contributed by atoms with E-state index in [1.54, 1.807) is 12.5 Å². The van der Waals surface area contributed by atoms with Gasteiger partial charge in [-0.2, -0.15) is 0 Å². The summed E-state index contributed by atoms with van der Waals surface area (Å²) in [7, 11) is 0. The number of carbonyl (C=O) groups is 1. The van der Waals surface area contributed by atoms with Crippen LogP contribution in [0.2, 0.25) is 0 Å². The number of hydrogen-bond donors (Lipinski definition) is 0. The van der Waals surface area contributed by atoms with E-state index in [9.17, 15) is 4.79 Å². The lowest BCUT2D eigenvalue weighted by Gasteiger charge is -2.25. The predicted molar refractivity (Wildman–Crippen MR) is 49.6 cm³/mol. The van der Waals surface area contributed by atoms with Crippen LogP contribution in [0.15, 0.2) is 12.5 Å². The van der Waals surface area contributed by atoms with Crippen LogP contribution >= 0.6 is 0 Å². The molecular weight excluding hydrogens is 164 g/mol. The van der Waals surface area contributed by atoms with Gasteiger partial charge in [0.05, 0.1) is 12.5 Å². The third kappa shape index (κ3) is 1.79. The summed E-state index contributed by atoms with van der Waals surface area (Å²) in [6.07, 6.45) is 9.53. The second kappa shape index (κ2) is 3.73. The van der Waals surface area contributed by atoms with Gasteiger partial charge in [0.15, 0.2) is 6.29 Å². The molecule has 0 aliphatic heterocycles. The average Bonchev–Trinajstić information content (AvgIpc) is 2.49. The molecule has 2 rings (SSSR count). The van der Waals surface area contributed by atoms with Gasteiger partial charge in [0.25, 0.3) is 0 Å². The SMILES string of the molecule is O=Cc1cncn1CCC1CCC1. The first-order chi connectivity index (χ1) is 6.40. The quantitative estimate of drug-likeness (QED) is 0.660. The Labute approximate surface area is 77.8 Å². The monoisotopic (exact) mass is 178 g/mol. The Morgan fingerprint density at radius 1 is 1.62 bits per heavy atom. The molecule has 3 nitrogen and oxygen atoms in total. The fourth-order valence-electron chi connectivity index (χ4n) is 1.72. The first kappa shape index (κ1) is 8.48. The highest BCUT2D eigenvalue weighted by Crippen LogP contribution is 2.29. The van der Waals surface area contributed by atoms with Crippen molar-refractivity contribution in [1.29, 1.82) is 0 Å². The molecule has 1 aromatic heterocycles. The van der Waals surface area contributed by atoms with E-state index < -0.39 is 0 Å². The van der Waals surface area contributed by atoms with Crippen LogP contribution in [0.5, 0.6) is 0 Å². The fourth-order valence-corrected chi connectivity index (χ4v) is 1.72. The van der Waals surface area contributed by atoms with Gasteiger partial charge >= 0.3 is 0 Å². The number of carbonyl (C=O) groups excluding carboxylic acids is 1. The van der Waals surface area contributed by atoms with Gasteiger partial charge in [-0.15, -0.1) is 0 Å². The van der Waals surface area contributed by atoms with Crippen molar-refractivity contribution in [2.45, 2.75) is 32.2 Å². The van der Waals surface area contributed by atoms with Crippen molar-refractivity contribution in [3.05, 3.63) is 18.2 Å². The molecule has 3 heteroatoms. The molecule has 1 aliphatic rings. The Balaban J connectivity index is 1.88. The minimum atomic E-state index is 0.694. The maximum Gasteiger partial charge on any atom is 0.168 e. The summed E-state index contributed by atoms with van der Waals surface area (Å²) in [5, 5.41) is 0. The number of hydrogen-bond acceptors (Lipinski definition) is 2. The normalized spacial score (nSPS) is 16.9. The lowest BCUT2D eigenvalue weighted by Crippen LogP contribution is -2.14. The Bertz CT molecular complexity index is 289. The van der Waals surface area contributed by atoms with Crippen LogP contribution in [0.3, 0.4) is 0 Å². The lowest BCUT2D eigenvalue weighted by atomic mass is 9.83. The molecule has 0 unspecified atom stereocenters. The van der Waals surface area contributed by atoms with Crippen molar-refractivity contribution in [2.24, 2.45) is 5.92 Å². The molecule has 13 heavy (non-hydrogen) atoms. The highest BCUT2D eigenvalue weighted by Gasteiger charge is 2.17. The van der Waals surface area contributed by atoms with Gasteiger partial charge in [0, 0.05) is 6.54 Å². The molecule has 1 aromatic rings. The van der Waals surface area contributed by atoms with E-state index in [-0.39, 0.29) is 0 Å². The molecule has 1 aliphatic carbocycles. The van der Waals surface area contributed by atoms with E-state index in [1.807, 2.05) is 4.57 Å². The molecule has 1 heterocycles. The third-order valence-electron chi connectivity index (χ3n) is 2.87. The van der Waals surface area contributed by atoms with E-state index in [0.29, 0.717) is 5.69 Å². The van der Waals surface area contributed by atoms with E-state index in [4.69, 9.17) is 0 Å². The van der Waals surface area contributed by atoms with E-state index in [1.165, 1.54) is 25.7 Å². The van der Waals surface area contributed by atoms with Gasteiger partial charge in [0.1, 0.15) is 5.69 Å². The summed E-state index contributed by atoms with van der Waals surface area (Å²) in [6, 6.07) is 0. The summed E-state index contributed by atoms with van der Waals surface area (Å²) in [6.45, 7) is 0.943. The Morgan fingerprint density at radius 3 is 3.08 bits per heavy atom. The van der Waals surface area contributed by atoms with Crippen molar-refractivity contribution in [3.8, 4) is 0 Å². The minimum Gasteiger partial charge on any atom is -0.328 e. The van der Waals surface area contributed by atoms with E-state index >= 15 is 0 Å². The van der Waals surface area contributed by atoms with Crippen molar-refractivity contribution >= 4 is 6.29 Å². The topological polar surface area (TPSA) is 34.9 Å². The molecular formula is C10H14N2O. The van der Waals surface area contributed by atoms with E-state index in [2.05, 4.69) is 4.98 Å². The standard InChI is InChI=1S/C10H14N2O/c13-7-10-6-11-8-12(10)5-4-9-2-1-3-9/h6-9H,1-5H2. The molecule has 0 atom stereocenters. The summed E-state index contributed by atoms with van der Waals surface area (Å²) in [5.41, 5.74) is 0.694. The largest absolute Gasteiger partial charge is 0.328 e. The molecule has 0 bridgehead atoms. The molecule has 0 radical (unpaired) electrons. The van der Waals surface area contributed by atoms with Crippen molar-refractivity contribution in [2.75, 3.05) is 0 Å². The summed E-state index contributed by atoms with van der Waals surface area (Å²) >= 11 is 0. The number of rotatable bonds is 4. The van der Waals surface area contributed by atoms with Crippen LogP contribution in [0, 0.1) is 5.92 Å². The fraction of sp³-hybridized carbons (Fsp3) is 0.600. The molecule has 1 saturated carbocycles. The van der Waals surface area contributed by atoms with Crippen LogP contribution in [-0.2, 0) is 6.54 Å². The molecule has 0 amide bonds. The van der Waals surface area contributed by atoms with Gasteiger partial charge in [0.2, 0.25) is 0 Å². The second-order valence-electron chi connectivity index (χ2n) is 3.72. The smallest absolute Gasteiger partial charge is 0.168 e. The maximum absolute atomic E-state index is 10.6. The first-order valence-corrected chi connectivity index (χ1v) is 4.85. The number of aryl methyl sites for hydroxylation is 1. The van der Waals surface area contributed by atoms with Crippen molar-refractivity contribution in [1.82, 2.24) is 9.55 Å². The predicted octanol–water partition coefficient (Wildman–Crippen LogP) is 1.89. The van der Waals surface area contributed by atoms with Crippen LogP contribution in [0.25, 0.3) is 0 Å². The van der Waals surface area contributed by atoms with Crippen LogP contribution in [0.4, 0.5) is 0 Å². The zero-order chi connectivity index (χ0) is 9.10. The van der Waals surface area contributed by atoms with Gasteiger partial charge in [-0.3, -0.25) is 4.79 Å². The third-order valence-corrected chi connectivity index (χ3v) is 2.87. The Morgan fingerprint density at radius 2 is 2.46 bits per heavy atom. The van der Waals surface area contributed by atoms with Crippen LogP contribution in [-0.4, -0.2) is 15.8 Å². The summed E-state index contributed by atoms with van der Waals surface area (Å²) < 4.78 is 1.94. The molecule has 0 saturated heterocycles. The second-order valence-corrected chi connectivity index (χ2v) is 3.72. The van der Waals surface area contributed by atoms with Crippen LogP contribution < -0.4 is 0 Å². The lowest BCUT2D eigenvalue weighted by molar-refractivity contribution is 0.111. The average molecular weight is 178 g/mol. The molecule has 1 fully saturated rings. The minimum absolute atomic E-state index is 0.694.